The van der Waals surface area contributed by atoms with Crippen molar-refractivity contribution in [1.82, 2.24) is 5.32 Å². The molecule has 4 heteroatoms. The number of ether oxygens (including phenoxy) is 1. The van der Waals surface area contributed by atoms with Crippen molar-refractivity contribution in [1.29, 1.82) is 0 Å². The molecule has 0 saturated carbocycles. The lowest BCUT2D eigenvalue weighted by Gasteiger charge is -2.16. The minimum absolute atomic E-state index is 0.224. The molecule has 0 saturated heterocycles. The van der Waals surface area contributed by atoms with E-state index in [1.165, 1.54) is 11.1 Å². The topological polar surface area (TPSA) is 41.5 Å². The molecule has 0 radical (unpaired) electrons. The van der Waals surface area contributed by atoms with Crippen LogP contribution in [0.1, 0.15) is 31.9 Å². The third-order valence-corrected chi connectivity index (χ3v) is 4.50. The molecule has 0 heterocycles. The largest absolute Gasteiger partial charge is 0.496 e. The van der Waals surface area contributed by atoms with Crippen molar-refractivity contribution in [3.63, 3.8) is 0 Å². The van der Waals surface area contributed by atoms with Gasteiger partial charge in [-0.1, -0.05) is 19.9 Å². The second-order valence-electron chi connectivity index (χ2n) is 4.68. The predicted octanol–water partition coefficient (Wildman–Crippen LogP) is 2.81. The summed E-state index contributed by atoms with van der Waals surface area (Å²) in [6.45, 7) is 7.82. The SMILES string of the molecule is CCNCc1ccc(OC)c(CSC(C)C(C)O)c1. The van der Waals surface area contributed by atoms with Crippen LogP contribution in [0.5, 0.6) is 5.75 Å². The summed E-state index contributed by atoms with van der Waals surface area (Å²) in [6, 6.07) is 6.30. The van der Waals surface area contributed by atoms with Gasteiger partial charge in [-0.15, -0.1) is 0 Å². The molecule has 2 N–H and O–H groups in total. The summed E-state index contributed by atoms with van der Waals surface area (Å²) in [4.78, 5) is 0. The zero-order chi connectivity index (χ0) is 14.3. The van der Waals surface area contributed by atoms with Gasteiger partial charge in [0.25, 0.3) is 0 Å². The molecule has 0 amide bonds. The Kier molecular flexibility index (Phi) is 7.28. The molecule has 0 aliphatic heterocycles. The van der Waals surface area contributed by atoms with Crippen molar-refractivity contribution in [2.75, 3.05) is 13.7 Å². The second-order valence-corrected chi connectivity index (χ2v) is 6.05. The minimum Gasteiger partial charge on any atom is -0.496 e. The van der Waals surface area contributed by atoms with Gasteiger partial charge in [0.1, 0.15) is 5.75 Å². The number of aliphatic hydroxyl groups is 1. The first-order chi connectivity index (χ1) is 9.08. The quantitative estimate of drug-likeness (QED) is 0.770. The number of methoxy groups -OCH3 is 1. The fourth-order valence-electron chi connectivity index (χ4n) is 1.68. The van der Waals surface area contributed by atoms with Gasteiger partial charge in [0.2, 0.25) is 0 Å². The Labute approximate surface area is 120 Å². The highest BCUT2D eigenvalue weighted by molar-refractivity contribution is 7.99. The molecule has 0 aromatic heterocycles. The van der Waals surface area contributed by atoms with Gasteiger partial charge in [-0.2, -0.15) is 11.8 Å². The molecule has 2 unspecified atom stereocenters. The number of benzene rings is 1. The summed E-state index contributed by atoms with van der Waals surface area (Å²) in [5.41, 5.74) is 2.46. The van der Waals surface area contributed by atoms with E-state index in [1.54, 1.807) is 18.9 Å². The summed E-state index contributed by atoms with van der Waals surface area (Å²) >= 11 is 1.75. The Hall–Kier alpha value is -0.710. The van der Waals surface area contributed by atoms with Gasteiger partial charge in [-0.3, -0.25) is 0 Å². The van der Waals surface area contributed by atoms with E-state index in [2.05, 4.69) is 24.4 Å². The van der Waals surface area contributed by atoms with E-state index >= 15 is 0 Å². The smallest absolute Gasteiger partial charge is 0.122 e. The first-order valence-electron chi connectivity index (χ1n) is 6.74. The van der Waals surface area contributed by atoms with Crippen LogP contribution in [0.15, 0.2) is 18.2 Å². The number of hydrogen-bond acceptors (Lipinski definition) is 4. The van der Waals surface area contributed by atoms with Crippen LogP contribution in [0.25, 0.3) is 0 Å². The molecular formula is C15H25NO2S. The molecule has 1 aromatic carbocycles. The Morgan fingerprint density at radius 2 is 2.11 bits per heavy atom. The van der Waals surface area contributed by atoms with Crippen molar-refractivity contribution in [3.05, 3.63) is 29.3 Å². The van der Waals surface area contributed by atoms with Crippen molar-refractivity contribution in [3.8, 4) is 5.75 Å². The maximum absolute atomic E-state index is 9.53. The molecule has 3 nitrogen and oxygen atoms in total. The molecule has 1 aromatic rings. The first kappa shape index (κ1) is 16.3. The van der Waals surface area contributed by atoms with Gasteiger partial charge in [0.15, 0.2) is 0 Å². The molecule has 0 fully saturated rings. The normalized spacial score (nSPS) is 14.2. The molecule has 0 bridgehead atoms. The summed E-state index contributed by atoms with van der Waals surface area (Å²) in [7, 11) is 1.70. The number of thioether (sulfide) groups is 1. The van der Waals surface area contributed by atoms with Crippen LogP contribution >= 0.6 is 11.8 Å². The molecule has 2 atom stereocenters. The summed E-state index contributed by atoms with van der Waals surface area (Å²) in [5.74, 6) is 1.78. The number of aliphatic hydroxyl groups excluding tert-OH is 1. The predicted molar refractivity (Wildman–Crippen MR) is 82.8 cm³/mol. The third-order valence-electron chi connectivity index (χ3n) is 3.11. The Bertz CT molecular complexity index is 382. The van der Waals surface area contributed by atoms with Crippen LogP contribution in [0.4, 0.5) is 0 Å². The Morgan fingerprint density at radius 1 is 1.37 bits per heavy atom. The van der Waals surface area contributed by atoms with Crippen LogP contribution < -0.4 is 10.1 Å². The molecule has 0 aliphatic rings. The highest BCUT2D eigenvalue weighted by Gasteiger charge is 2.11. The van der Waals surface area contributed by atoms with E-state index in [0.717, 1.165) is 24.6 Å². The monoisotopic (exact) mass is 283 g/mol. The maximum atomic E-state index is 9.53. The maximum Gasteiger partial charge on any atom is 0.122 e. The van der Waals surface area contributed by atoms with E-state index in [4.69, 9.17) is 4.74 Å². The van der Waals surface area contributed by atoms with Crippen LogP contribution in [0.3, 0.4) is 0 Å². The van der Waals surface area contributed by atoms with Gasteiger partial charge < -0.3 is 15.2 Å². The lowest BCUT2D eigenvalue weighted by Crippen LogP contribution is -2.15. The van der Waals surface area contributed by atoms with E-state index in [1.807, 2.05) is 19.9 Å². The van der Waals surface area contributed by atoms with Crippen molar-refractivity contribution in [2.24, 2.45) is 0 Å². The molecule has 19 heavy (non-hydrogen) atoms. The van der Waals surface area contributed by atoms with E-state index in [9.17, 15) is 5.11 Å². The molecule has 0 spiro atoms. The van der Waals surface area contributed by atoms with Gasteiger partial charge in [-0.25, -0.2) is 0 Å². The van der Waals surface area contributed by atoms with Gasteiger partial charge in [-0.05, 0) is 31.2 Å². The molecule has 108 valence electrons. The highest BCUT2D eigenvalue weighted by atomic mass is 32.2. The molecule has 1 rings (SSSR count). The summed E-state index contributed by atoms with van der Waals surface area (Å²) < 4.78 is 5.40. The highest BCUT2D eigenvalue weighted by Crippen LogP contribution is 2.27. The summed E-state index contributed by atoms with van der Waals surface area (Å²) in [5, 5.41) is 13.1. The Balaban J connectivity index is 2.72. The lowest BCUT2D eigenvalue weighted by molar-refractivity contribution is 0.196. The second kappa shape index (κ2) is 8.46. The van der Waals surface area contributed by atoms with Crippen LogP contribution in [0.2, 0.25) is 0 Å². The first-order valence-corrected chi connectivity index (χ1v) is 7.79. The fourth-order valence-corrected chi connectivity index (χ4v) is 2.63. The lowest BCUT2D eigenvalue weighted by atomic mass is 10.1. The van der Waals surface area contributed by atoms with Crippen LogP contribution in [-0.2, 0) is 12.3 Å². The van der Waals surface area contributed by atoms with E-state index in [0.29, 0.717) is 0 Å². The minimum atomic E-state index is -0.291. The molecular weight excluding hydrogens is 258 g/mol. The average Bonchev–Trinajstić information content (AvgIpc) is 2.42. The fraction of sp³-hybridized carbons (Fsp3) is 0.600. The Morgan fingerprint density at radius 3 is 2.68 bits per heavy atom. The van der Waals surface area contributed by atoms with Gasteiger partial charge in [0, 0.05) is 23.1 Å². The van der Waals surface area contributed by atoms with Crippen LogP contribution in [0, 0.1) is 0 Å². The van der Waals surface area contributed by atoms with E-state index in [-0.39, 0.29) is 11.4 Å². The number of hydrogen-bond donors (Lipinski definition) is 2. The zero-order valence-electron chi connectivity index (χ0n) is 12.3. The average molecular weight is 283 g/mol. The number of nitrogens with one attached hydrogen (secondary N) is 1. The van der Waals surface area contributed by atoms with Crippen molar-refractivity contribution >= 4 is 11.8 Å². The van der Waals surface area contributed by atoms with Crippen LogP contribution in [-0.4, -0.2) is 30.1 Å². The standard InChI is InChI=1S/C15H25NO2S/c1-5-16-9-13-6-7-15(18-4)14(8-13)10-19-12(3)11(2)17/h6-8,11-12,16-17H,5,9-10H2,1-4H3. The van der Waals surface area contributed by atoms with Gasteiger partial charge >= 0.3 is 0 Å². The van der Waals surface area contributed by atoms with Crippen molar-refractivity contribution in [2.45, 2.75) is 44.4 Å². The third kappa shape index (κ3) is 5.43. The van der Waals surface area contributed by atoms with Gasteiger partial charge in [0.05, 0.1) is 13.2 Å². The number of rotatable bonds is 8. The van der Waals surface area contributed by atoms with E-state index < -0.39 is 0 Å². The molecule has 0 aliphatic carbocycles. The zero-order valence-corrected chi connectivity index (χ0v) is 13.1. The van der Waals surface area contributed by atoms with Crippen molar-refractivity contribution < 1.29 is 9.84 Å². The summed E-state index contributed by atoms with van der Waals surface area (Å²) in [6.07, 6.45) is -0.291.